The van der Waals surface area contributed by atoms with Gasteiger partial charge in [0.1, 0.15) is 12.7 Å². The first-order valence-corrected chi connectivity index (χ1v) is 12.2. The van der Waals surface area contributed by atoms with Gasteiger partial charge in [-0.05, 0) is 55.5 Å². The van der Waals surface area contributed by atoms with Crippen molar-refractivity contribution < 1.29 is 14.2 Å². The van der Waals surface area contributed by atoms with Gasteiger partial charge in [-0.3, -0.25) is 0 Å². The van der Waals surface area contributed by atoms with E-state index in [2.05, 4.69) is 28.7 Å². The van der Waals surface area contributed by atoms with Crippen molar-refractivity contribution in [1.82, 2.24) is 9.97 Å². The Bertz CT molecular complexity index is 1050. The van der Waals surface area contributed by atoms with E-state index in [9.17, 15) is 0 Å². The van der Waals surface area contributed by atoms with Crippen molar-refractivity contribution in [2.75, 3.05) is 6.61 Å². The van der Waals surface area contributed by atoms with E-state index in [-0.39, 0.29) is 12.4 Å². The van der Waals surface area contributed by atoms with E-state index in [1.807, 2.05) is 54.6 Å². The molecule has 1 aromatic heterocycles. The molecular formula is C29H32N2O3. The van der Waals surface area contributed by atoms with Gasteiger partial charge < -0.3 is 14.2 Å². The van der Waals surface area contributed by atoms with Gasteiger partial charge in [-0.25, -0.2) is 9.97 Å². The first-order chi connectivity index (χ1) is 16.8. The van der Waals surface area contributed by atoms with E-state index < -0.39 is 0 Å². The van der Waals surface area contributed by atoms with Crippen LogP contribution >= 0.6 is 0 Å². The third-order valence-electron chi connectivity index (χ3n) is 5.67. The molecule has 0 N–H and O–H groups in total. The molecule has 1 aliphatic rings. The van der Waals surface area contributed by atoms with E-state index in [0.717, 1.165) is 61.8 Å². The minimum Gasteiger partial charge on any atom is -0.486 e. The van der Waals surface area contributed by atoms with Crippen molar-refractivity contribution in [3.63, 3.8) is 0 Å². The SMILES string of the molecule is CCCCC(C#Cc1ccc(-c2ncc(OCc3ccccc3)cn2)cc1)OC1CCCCO1. The molecule has 0 aliphatic carbocycles. The Labute approximate surface area is 202 Å². The van der Waals surface area contributed by atoms with Crippen molar-refractivity contribution in [2.45, 2.75) is 64.4 Å². The van der Waals surface area contributed by atoms with E-state index in [1.165, 1.54) is 0 Å². The summed E-state index contributed by atoms with van der Waals surface area (Å²) < 4.78 is 17.7. The third-order valence-corrected chi connectivity index (χ3v) is 5.67. The summed E-state index contributed by atoms with van der Waals surface area (Å²) in [6.07, 6.45) is 9.56. The lowest BCUT2D eigenvalue weighted by Gasteiger charge is -2.25. The Balaban J connectivity index is 1.35. The van der Waals surface area contributed by atoms with Crippen LogP contribution in [0.25, 0.3) is 11.4 Å². The topological polar surface area (TPSA) is 53.5 Å². The molecule has 1 fully saturated rings. The molecule has 4 rings (SSSR count). The molecule has 2 unspecified atom stereocenters. The molecule has 5 nitrogen and oxygen atoms in total. The van der Waals surface area contributed by atoms with Gasteiger partial charge in [-0.15, -0.1) is 0 Å². The first kappa shape index (κ1) is 23.9. The maximum atomic E-state index is 6.14. The maximum Gasteiger partial charge on any atom is 0.159 e. The van der Waals surface area contributed by atoms with Gasteiger partial charge in [-0.1, -0.05) is 61.9 Å². The van der Waals surface area contributed by atoms with Crippen LogP contribution in [0, 0.1) is 11.8 Å². The molecule has 176 valence electrons. The molecule has 5 heteroatoms. The summed E-state index contributed by atoms with van der Waals surface area (Å²) in [6, 6.07) is 18.0. The molecule has 0 amide bonds. The number of nitrogens with zero attached hydrogens (tertiary/aromatic N) is 2. The number of benzene rings is 2. The average Bonchev–Trinajstić information content (AvgIpc) is 2.91. The summed E-state index contributed by atoms with van der Waals surface area (Å²) in [5.41, 5.74) is 2.99. The minimum atomic E-state index is -0.121. The first-order valence-electron chi connectivity index (χ1n) is 12.2. The molecular weight excluding hydrogens is 424 g/mol. The Morgan fingerprint density at radius 2 is 1.82 bits per heavy atom. The average molecular weight is 457 g/mol. The fourth-order valence-corrected chi connectivity index (χ4v) is 3.71. The Kier molecular flexibility index (Phi) is 9.07. The van der Waals surface area contributed by atoms with Gasteiger partial charge in [0.05, 0.1) is 12.4 Å². The number of unbranched alkanes of at least 4 members (excludes halogenated alkanes) is 1. The lowest BCUT2D eigenvalue weighted by molar-refractivity contribution is -0.177. The zero-order valence-corrected chi connectivity index (χ0v) is 19.8. The van der Waals surface area contributed by atoms with Gasteiger partial charge in [0, 0.05) is 17.7 Å². The standard InChI is InChI=1S/C29H32N2O3/c1-2-3-11-26(34-28-12-7-8-19-32-28)18-15-23-13-16-25(17-14-23)29-30-20-27(21-31-29)33-22-24-9-5-4-6-10-24/h4-6,9-10,13-14,16-17,20-21,26,28H,2-3,7-8,11-12,19,22H2,1H3. The molecule has 0 spiro atoms. The molecule has 2 atom stereocenters. The smallest absolute Gasteiger partial charge is 0.159 e. The number of hydrogen-bond donors (Lipinski definition) is 0. The second-order valence-electron chi connectivity index (χ2n) is 8.43. The maximum absolute atomic E-state index is 6.14. The van der Waals surface area contributed by atoms with Crippen LogP contribution in [0.15, 0.2) is 67.0 Å². The van der Waals surface area contributed by atoms with Crippen molar-refractivity contribution in [3.05, 3.63) is 78.1 Å². The molecule has 34 heavy (non-hydrogen) atoms. The number of aromatic nitrogens is 2. The lowest BCUT2D eigenvalue weighted by atomic mass is 10.1. The summed E-state index contributed by atoms with van der Waals surface area (Å²) in [6.45, 7) is 3.46. The van der Waals surface area contributed by atoms with E-state index in [1.54, 1.807) is 12.4 Å². The second-order valence-corrected chi connectivity index (χ2v) is 8.43. The minimum absolute atomic E-state index is 0.102. The van der Waals surface area contributed by atoms with Crippen LogP contribution in [0.4, 0.5) is 0 Å². The van der Waals surface area contributed by atoms with Crippen LogP contribution in [0.2, 0.25) is 0 Å². The highest BCUT2D eigenvalue weighted by Crippen LogP contribution is 2.19. The zero-order chi connectivity index (χ0) is 23.4. The molecule has 3 aromatic rings. The fraction of sp³-hybridized carbons (Fsp3) is 0.379. The van der Waals surface area contributed by atoms with Crippen LogP contribution in [-0.2, 0) is 16.1 Å². The predicted octanol–water partition coefficient (Wildman–Crippen LogP) is 6.18. The van der Waals surface area contributed by atoms with E-state index >= 15 is 0 Å². The lowest BCUT2D eigenvalue weighted by Crippen LogP contribution is -2.27. The van der Waals surface area contributed by atoms with Gasteiger partial charge in [0.2, 0.25) is 0 Å². The van der Waals surface area contributed by atoms with E-state index in [4.69, 9.17) is 14.2 Å². The number of hydrogen-bond acceptors (Lipinski definition) is 5. The molecule has 1 saturated heterocycles. The molecule has 0 saturated carbocycles. The highest BCUT2D eigenvalue weighted by atomic mass is 16.7. The van der Waals surface area contributed by atoms with Crippen molar-refractivity contribution >= 4 is 0 Å². The van der Waals surface area contributed by atoms with Crippen molar-refractivity contribution in [3.8, 4) is 29.0 Å². The van der Waals surface area contributed by atoms with Crippen LogP contribution in [0.1, 0.15) is 56.6 Å². The third kappa shape index (κ3) is 7.41. The van der Waals surface area contributed by atoms with E-state index in [0.29, 0.717) is 18.2 Å². The van der Waals surface area contributed by atoms with Gasteiger partial charge in [0.25, 0.3) is 0 Å². The van der Waals surface area contributed by atoms with Crippen LogP contribution in [0.3, 0.4) is 0 Å². The van der Waals surface area contributed by atoms with Crippen LogP contribution < -0.4 is 4.74 Å². The van der Waals surface area contributed by atoms with Crippen molar-refractivity contribution in [2.24, 2.45) is 0 Å². The normalized spacial score (nSPS) is 16.3. The summed E-state index contributed by atoms with van der Waals surface area (Å²) in [7, 11) is 0. The van der Waals surface area contributed by atoms with Crippen molar-refractivity contribution in [1.29, 1.82) is 0 Å². The Morgan fingerprint density at radius 3 is 2.53 bits per heavy atom. The molecule has 0 radical (unpaired) electrons. The summed E-state index contributed by atoms with van der Waals surface area (Å²) >= 11 is 0. The highest BCUT2D eigenvalue weighted by molar-refractivity contribution is 5.56. The molecule has 0 bridgehead atoms. The second kappa shape index (κ2) is 12.9. The van der Waals surface area contributed by atoms with Gasteiger partial charge in [-0.2, -0.15) is 0 Å². The Morgan fingerprint density at radius 1 is 1.03 bits per heavy atom. The molecule has 2 aromatic carbocycles. The Hall–Kier alpha value is -3.20. The van der Waals surface area contributed by atoms with Crippen LogP contribution in [0.5, 0.6) is 5.75 Å². The zero-order valence-electron chi connectivity index (χ0n) is 19.8. The van der Waals surface area contributed by atoms with Crippen LogP contribution in [-0.4, -0.2) is 29.0 Å². The summed E-state index contributed by atoms with van der Waals surface area (Å²) in [5.74, 6) is 7.89. The summed E-state index contributed by atoms with van der Waals surface area (Å²) in [5, 5.41) is 0. The number of rotatable bonds is 9. The monoisotopic (exact) mass is 456 g/mol. The predicted molar refractivity (Wildman–Crippen MR) is 133 cm³/mol. The van der Waals surface area contributed by atoms with Gasteiger partial charge in [0.15, 0.2) is 17.9 Å². The highest BCUT2D eigenvalue weighted by Gasteiger charge is 2.18. The molecule has 1 aliphatic heterocycles. The quantitative estimate of drug-likeness (QED) is 0.360. The van der Waals surface area contributed by atoms with Gasteiger partial charge >= 0.3 is 0 Å². The number of ether oxygens (including phenoxy) is 3. The summed E-state index contributed by atoms with van der Waals surface area (Å²) in [4.78, 5) is 8.92. The fourth-order valence-electron chi connectivity index (χ4n) is 3.71. The molecule has 2 heterocycles. The largest absolute Gasteiger partial charge is 0.486 e.